The van der Waals surface area contributed by atoms with Crippen molar-refractivity contribution in [1.29, 1.82) is 0 Å². The van der Waals surface area contributed by atoms with Crippen LogP contribution in [0.1, 0.15) is 29.2 Å². The molecule has 1 rings (SSSR count). The molecule has 0 bridgehead atoms. The second-order valence-corrected chi connectivity index (χ2v) is 3.72. The van der Waals surface area contributed by atoms with Gasteiger partial charge in [0.05, 0.1) is 11.8 Å². The van der Waals surface area contributed by atoms with Crippen LogP contribution in [0.15, 0.2) is 0 Å². The van der Waals surface area contributed by atoms with Crippen LogP contribution in [0, 0.1) is 0 Å². The van der Waals surface area contributed by atoms with Gasteiger partial charge in [-0.3, -0.25) is 4.79 Å². The summed E-state index contributed by atoms with van der Waals surface area (Å²) in [5, 5.41) is 15.4. The normalized spacial score (nSPS) is 12.5. The topological polar surface area (TPSA) is 75.1 Å². The molecular weight excluding hydrogens is 202 g/mol. The van der Waals surface area contributed by atoms with Gasteiger partial charge in [0.2, 0.25) is 0 Å². The van der Waals surface area contributed by atoms with Gasteiger partial charge in [0.25, 0.3) is 5.91 Å². The standard InChI is InChI=1S/C8H13N3O2S/c1-3-6-7(14-11-10-6)8(13)9-4-5(2)12/h5,12H,3-4H2,1-2H3,(H,9,13). The van der Waals surface area contributed by atoms with E-state index in [0.29, 0.717) is 17.0 Å². The molecule has 0 saturated heterocycles. The summed E-state index contributed by atoms with van der Waals surface area (Å²) in [5.74, 6) is -0.210. The number of carbonyl (C=O) groups excluding carboxylic acids is 1. The lowest BCUT2D eigenvalue weighted by Gasteiger charge is -2.05. The molecule has 2 N–H and O–H groups in total. The Morgan fingerprint density at radius 3 is 3.00 bits per heavy atom. The van der Waals surface area contributed by atoms with E-state index in [0.717, 1.165) is 11.5 Å². The molecule has 0 fully saturated rings. The van der Waals surface area contributed by atoms with Crippen molar-refractivity contribution < 1.29 is 9.90 Å². The minimum Gasteiger partial charge on any atom is -0.392 e. The summed E-state index contributed by atoms with van der Waals surface area (Å²) < 4.78 is 3.71. The van der Waals surface area contributed by atoms with Crippen LogP contribution < -0.4 is 5.32 Å². The molecule has 1 aromatic rings. The van der Waals surface area contributed by atoms with Crippen molar-refractivity contribution >= 4 is 17.4 Å². The van der Waals surface area contributed by atoms with Gasteiger partial charge in [-0.15, -0.1) is 5.10 Å². The van der Waals surface area contributed by atoms with E-state index < -0.39 is 6.10 Å². The van der Waals surface area contributed by atoms with Gasteiger partial charge in [0, 0.05) is 6.54 Å². The van der Waals surface area contributed by atoms with Gasteiger partial charge in [0.1, 0.15) is 4.88 Å². The molecule has 0 aliphatic carbocycles. The zero-order valence-electron chi connectivity index (χ0n) is 8.15. The molecule has 0 aromatic carbocycles. The van der Waals surface area contributed by atoms with Crippen LogP contribution in [-0.2, 0) is 6.42 Å². The Hall–Kier alpha value is -1.01. The minimum atomic E-state index is -0.537. The van der Waals surface area contributed by atoms with Crippen molar-refractivity contribution in [1.82, 2.24) is 14.9 Å². The minimum absolute atomic E-state index is 0.210. The number of rotatable bonds is 4. The van der Waals surface area contributed by atoms with E-state index in [-0.39, 0.29) is 12.5 Å². The molecule has 78 valence electrons. The lowest BCUT2D eigenvalue weighted by molar-refractivity contribution is 0.0927. The molecular formula is C8H13N3O2S. The third-order valence-corrected chi connectivity index (χ3v) is 2.42. The summed E-state index contributed by atoms with van der Waals surface area (Å²) in [6, 6.07) is 0. The van der Waals surface area contributed by atoms with Crippen molar-refractivity contribution in [3.05, 3.63) is 10.6 Å². The zero-order valence-corrected chi connectivity index (χ0v) is 8.97. The van der Waals surface area contributed by atoms with E-state index >= 15 is 0 Å². The summed E-state index contributed by atoms with van der Waals surface area (Å²) in [6.07, 6.45) is 0.151. The number of aliphatic hydroxyl groups is 1. The van der Waals surface area contributed by atoms with E-state index in [4.69, 9.17) is 5.11 Å². The van der Waals surface area contributed by atoms with E-state index in [2.05, 4.69) is 14.9 Å². The average molecular weight is 215 g/mol. The molecule has 1 atom stereocenters. The van der Waals surface area contributed by atoms with Gasteiger partial charge in [-0.25, -0.2) is 0 Å². The van der Waals surface area contributed by atoms with E-state index in [1.165, 1.54) is 0 Å². The molecule has 1 unspecified atom stereocenters. The fraction of sp³-hybridized carbons (Fsp3) is 0.625. The Morgan fingerprint density at radius 1 is 1.71 bits per heavy atom. The van der Waals surface area contributed by atoms with E-state index in [9.17, 15) is 4.79 Å². The van der Waals surface area contributed by atoms with Gasteiger partial charge in [0.15, 0.2) is 0 Å². The van der Waals surface area contributed by atoms with Crippen molar-refractivity contribution in [2.75, 3.05) is 6.54 Å². The van der Waals surface area contributed by atoms with Crippen LogP contribution in [0.3, 0.4) is 0 Å². The van der Waals surface area contributed by atoms with Crippen molar-refractivity contribution in [2.24, 2.45) is 0 Å². The predicted molar refractivity (Wildman–Crippen MR) is 53.3 cm³/mol. The average Bonchev–Trinajstić information content (AvgIpc) is 2.61. The highest BCUT2D eigenvalue weighted by Gasteiger charge is 2.14. The fourth-order valence-electron chi connectivity index (χ4n) is 0.933. The van der Waals surface area contributed by atoms with Gasteiger partial charge in [-0.1, -0.05) is 11.4 Å². The lowest BCUT2D eigenvalue weighted by Crippen LogP contribution is -2.30. The number of aryl methyl sites for hydroxylation is 1. The molecule has 0 aliphatic rings. The second-order valence-electron chi connectivity index (χ2n) is 2.96. The molecule has 5 nitrogen and oxygen atoms in total. The summed E-state index contributed by atoms with van der Waals surface area (Å²) >= 11 is 1.08. The first-order valence-corrected chi connectivity index (χ1v) is 5.20. The number of nitrogens with one attached hydrogen (secondary N) is 1. The molecule has 0 aliphatic heterocycles. The van der Waals surface area contributed by atoms with E-state index in [1.807, 2.05) is 6.92 Å². The lowest BCUT2D eigenvalue weighted by atomic mass is 10.3. The Morgan fingerprint density at radius 2 is 2.43 bits per heavy atom. The summed E-state index contributed by atoms with van der Waals surface area (Å²) in [6.45, 7) is 3.79. The SMILES string of the molecule is CCc1nnsc1C(=O)NCC(C)O. The number of amides is 1. The monoisotopic (exact) mass is 215 g/mol. The van der Waals surface area contributed by atoms with Gasteiger partial charge < -0.3 is 10.4 Å². The maximum Gasteiger partial charge on any atom is 0.265 e. The molecule has 0 saturated carbocycles. The molecule has 6 heteroatoms. The molecule has 1 amide bonds. The van der Waals surface area contributed by atoms with Crippen LogP contribution in [0.4, 0.5) is 0 Å². The van der Waals surface area contributed by atoms with Crippen LogP contribution >= 0.6 is 11.5 Å². The Balaban J connectivity index is 2.60. The van der Waals surface area contributed by atoms with Gasteiger partial charge >= 0.3 is 0 Å². The highest BCUT2D eigenvalue weighted by atomic mass is 32.1. The third-order valence-electron chi connectivity index (χ3n) is 1.65. The largest absolute Gasteiger partial charge is 0.392 e. The predicted octanol–water partition coefficient (Wildman–Crippen LogP) is 0.211. The van der Waals surface area contributed by atoms with Crippen molar-refractivity contribution in [3.8, 4) is 0 Å². The fourth-order valence-corrected chi connectivity index (χ4v) is 1.60. The molecule has 0 radical (unpaired) electrons. The molecule has 0 spiro atoms. The third kappa shape index (κ3) is 2.74. The number of hydrogen-bond acceptors (Lipinski definition) is 5. The van der Waals surface area contributed by atoms with Crippen LogP contribution in [0.5, 0.6) is 0 Å². The maximum atomic E-state index is 11.5. The van der Waals surface area contributed by atoms with Crippen LogP contribution in [-0.4, -0.2) is 33.2 Å². The Labute approximate surface area is 86.3 Å². The molecule has 1 heterocycles. The Kier molecular flexibility index (Phi) is 3.97. The highest BCUT2D eigenvalue weighted by molar-refractivity contribution is 7.08. The smallest absolute Gasteiger partial charge is 0.265 e. The second kappa shape index (κ2) is 5.02. The molecule has 14 heavy (non-hydrogen) atoms. The van der Waals surface area contributed by atoms with Crippen molar-refractivity contribution in [3.63, 3.8) is 0 Å². The first kappa shape index (κ1) is 11.1. The first-order valence-electron chi connectivity index (χ1n) is 4.42. The van der Waals surface area contributed by atoms with Crippen molar-refractivity contribution in [2.45, 2.75) is 26.4 Å². The first-order chi connectivity index (χ1) is 6.65. The van der Waals surface area contributed by atoms with Crippen LogP contribution in [0.25, 0.3) is 0 Å². The number of nitrogens with zero attached hydrogens (tertiary/aromatic N) is 2. The number of hydrogen-bond donors (Lipinski definition) is 2. The van der Waals surface area contributed by atoms with Gasteiger partial charge in [-0.2, -0.15) is 0 Å². The number of carbonyl (C=O) groups is 1. The molecule has 1 aromatic heterocycles. The summed E-state index contributed by atoms with van der Waals surface area (Å²) in [7, 11) is 0. The summed E-state index contributed by atoms with van der Waals surface area (Å²) in [5.41, 5.74) is 0.707. The van der Waals surface area contributed by atoms with Crippen LogP contribution in [0.2, 0.25) is 0 Å². The maximum absolute atomic E-state index is 11.5. The quantitative estimate of drug-likeness (QED) is 0.753. The summed E-state index contributed by atoms with van der Waals surface area (Å²) in [4.78, 5) is 12.0. The van der Waals surface area contributed by atoms with E-state index in [1.54, 1.807) is 6.92 Å². The van der Waals surface area contributed by atoms with Gasteiger partial charge in [-0.05, 0) is 24.9 Å². The Bertz CT molecular complexity index is 311. The number of aromatic nitrogens is 2. The zero-order chi connectivity index (χ0) is 10.6. The highest BCUT2D eigenvalue weighted by Crippen LogP contribution is 2.10. The number of aliphatic hydroxyl groups excluding tert-OH is 1.